The Morgan fingerprint density at radius 3 is 2.48 bits per heavy atom. The van der Waals surface area contributed by atoms with Gasteiger partial charge in [0.2, 0.25) is 0 Å². The molecule has 2 aromatic rings. The molecular formula is C20H17Cl2NO4. The Bertz CT molecular complexity index is 966. The van der Waals surface area contributed by atoms with Crippen LogP contribution in [-0.4, -0.2) is 24.6 Å². The molecule has 1 aliphatic heterocycles. The highest BCUT2D eigenvalue weighted by Gasteiger charge is 2.32. The highest BCUT2D eigenvalue weighted by atomic mass is 35.5. The van der Waals surface area contributed by atoms with Gasteiger partial charge in [0, 0.05) is 26.7 Å². The summed E-state index contributed by atoms with van der Waals surface area (Å²) in [7, 11) is 1.29. The van der Waals surface area contributed by atoms with Gasteiger partial charge in [-0.3, -0.25) is 4.79 Å². The van der Waals surface area contributed by atoms with E-state index in [1.165, 1.54) is 7.11 Å². The molecule has 27 heavy (non-hydrogen) atoms. The number of methoxy groups -OCH3 is 1. The second-order valence-corrected chi connectivity index (χ2v) is 7.36. The Hall–Kier alpha value is -2.50. The van der Waals surface area contributed by atoms with Gasteiger partial charge in [-0.05, 0) is 50.3 Å². The molecule has 1 amide bonds. The van der Waals surface area contributed by atoms with Crippen LogP contribution in [0, 0.1) is 0 Å². The number of carbonyl (C=O) groups is 2. The van der Waals surface area contributed by atoms with Crippen LogP contribution in [0.25, 0.3) is 11.6 Å². The normalized spacial score (nSPS) is 14.7. The third-order valence-corrected chi connectivity index (χ3v) is 4.55. The number of anilines is 1. The monoisotopic (exact) mass is 405 g/mol. The number of benzene rings is 2. The number of hydrogen-bond donors (Lipinski definition) is 1. The van der Waals surface area contributed by atoms with Crippen LogP contribution in [0.3, 0.4) is 0 Å². The van der Waals surface area contributed by atoms with E-state index in [9.17, 15) is 9.59 Å². The van der Waals surface area contributed by atoms with E-state index in [4.69, 9.17) is 32.7 Å². The third-order valence-electron chi connectivity index (χ3n) is 4.08. The van der Waals surface area contributed by atoms with E-state index < -0.39 is 11.6 Å². The molecule has 0 aliphatic carbocycles. The van der Waals surface area contributed by atoms with E-state index in [0.717, 1.165) is 5.56 Å². The average Bonchev–Trinajstić information content (AvgIpc) is 2.91. The van der Waals surface area contributed by atoms with Gasteiger partial charge in [-0.1, -0.05) is 29.3 Å². The van der Waals surface area contributed by atoms with Crippen LogP contribution in [0.15, 0.2) is 36.4 Å². The molecule has 1 heterocycles. The van der Waals surface area contributed by atoms with Gasteiger partial charge in [0.05, 0.1) is 12.8 Å². The maximum Gasteiger partial charge on any atom is 0.349 e. The molecule has 7 heteroatoms. The summed E-state index contributed by atoms with van der Waals surface area (Å²) in [6, 6.07) is 10.1. The minimum absolute atomic E-state index is 0.259. The summed E-state index contributed by atoms with van der Waals surface area (Å²) in [6.45, 7) is 3.20. The van der Waals surface area contributed by atoms with Gasteiger partial charge in [0.25, 0.3) is 5.91 Å². The van der Waals surface area contributed by atoms with E-state index in [0.29, 0.717) is 32.6 Å². The molecule has 0 saturated carbocycles. The SMILES string of the molecule is COC(=O)C(C)(C)Oc1ccc(Cl)cc1/C=C1\C(=O)Nc2cc(Cl)ccc21. The summed E-state index contributed by atoms with van der Waals surface area (Å²) in [5, 5.41) is 3.78. The lowest BCUT2D eigenvalue weighted by Gasteiger charge is -2.24. The van der Waals surface area contributed by atoms with Gasteiger partial charge >= 0.3 is 5.97 Å². The number of nitrogens with one attached hydrogen (secondary N) is 1. The van der Waals surface area contributed by atoms with Crippen molar-refractivity contribution in [2.24, 2.45) is 0 Å². The first-order valence-corrected chi connectivity index (χ1v) is 8.87. The number of fused-ring (bicyclic) bond motifs is 1. The van der Waals surface area contributed by atoms with Crippen molar-refractivity contribution in [2.45, 2.75) is 19.4 Å². The summed E-state index contributed by atoms with van der Waals surface area (Å²) >= 11 is 12.1. The highest BCUT2D eigenvalue weighted by molar-refractivity contribution is 6.37. The molecule has 1 aliphatic rings. The van der Waals surface area contributed by atoms with Crippen LogP contribution in [0.1, 0.15) is 25.0 Å². The van der Waals surface area contributed by atoms with Gasteiger partial charge in [-0.25, -0.2) is 4.79 Å². The molecule has 140 valence electrons. The largest absolute Gasteiger partial charge is 0.476 e. The molecule has 0 radical (unpaired) electrons. The van der Waals surface area contributed by atoms with E-state index in [-0.39, 0.29) is 5.91 Å². The summed E-state index contributed by atoms with van der Waals surface area (Å²) in [6.07, 6.45) is 1.67. The third kappa shape index (κ3) is 3.94. The van der Waals surface area contributed by atoms with Crippen LogP contribution in [0.2, 0.25) is 10.0 Å². The second kappa shape index (κ2) is 7.25. The first kappa shape index (κ1) is 19.3. The van der Waals surface area contributed by atoms with Crippen molar-refractivity contribution < 1.29 is 19.1 Å². The number of halogens is 2. The van der Waals surface area contributed by atoms with E-state index >= 15 is 0 Å². The fraction of sp³-hybridized carbons (Fsp3) is 0.200. The van der Waals surface area contributed by atoms with Crippen molar-refractivity contribution in [3.05, 3.63) is 57.6 Å². The Morgan fingerprint density at radius 1 is 1.11 bits per heavy atom. The molecule has 0 atom stereocenters. The number of ether oxygens (including phenoxy) is 2. The topological polar surface area (TPSA) is 64.6 Å². The molecule has 0 bridgehead atoms. The number of carbonyl (C=O) groups excluding carboxylic acids is 2. The zero-order valence-electron chi connectivity index (χ0n) is 14.9. The minimum Gasteiger partial charge on any atom is -0.476 e. The van der Waals surface area contributed by atoms with Gasteiger partial charge in [-0.2, -0.15) is 0 Å². The van der Waals surface area contributed by atoms with Gasteiger partial charge in [-0.15, -0.1) is 0 Å². The van der Waals surface area contributed by atoms with Crippen LogP contribution in [-0.2, 0) is 14.3 Å². The van der Waals surface area contributed by atoms with Crippen molar-refractivity contribution in [3.8, 4) is 5.75 Å². The molecule has 3 rings (SSSR count). The Morgan fingerprint density at radius 2 is 1.78 bits per heavy atom. The maximum absolute atomic E-state index is 12.4. The van der Waals surface area contributed by atoms with Crippen LogP contribution in [0.4, 0.5) is 5.69 Å². The molecule has 5 nitrogen and oxygen atoms in total. The molecular weight excluding hydrogens is 389 g/mol. The van der Waals surface area contributed by atoms with Crippen LogP contribution >= 0.6 is 23.2 Å². The Labute approximate surface area is 166 Å². The standard InChI is InChI=1S/C20H17Cl2NO4/c1-20(2,19(25)26-3)27-17-7-5-12(21)8-11(17)9-15-14-6-4-13(22)10-16(14)23-18(15)24/h4-10H,1-3H3,(H,23,24)/b15-9-. The van der Waals surface area contributed by atoms with Crippen molar-refractivity contribution in [1.82, 2.24) is 0 Å². The number of rotatable bonds is 4. The molecule has 2 aromatic carbocycles. The predicted molar refractivity (Wildman–Crippen MR) is 106 cm³/mol. The quantitative estimate of drug-likeness (QED) is 0.584. The van der Waals surface area contributed by atoms with Crippen LogP contribution < -0.4 is 10.1 Å². The molecule has 0 spiro atoms. The minimum atomic E-state index is -1.21. The zero-order chi connectivity index (χ0) is 19.8. The molecule has 0 aromatic heterocycles. The lowest BCUT2D eigenvalue weighted by atomic mass is 10.0. The van der Waals surface area contributed by atoms with E-state index in [1.807, 2.05) is 0 Å². The predicted octanol–water partition coefficient (Wildman–Crippen LogP) is 4.82. The fourth-order valence-electron chi connectivity index (χ4n) is 2.75. The molecule has 0 unspecified atom stereocenters. The molecule has 1 N–H and O–H groups in total. The van der Waals surface area contributed by atoms with Crippen molar-refractivity contribution in [2.75, 3.05) is 12.4 Å². The van der Waals surface area contributed by atoms with Crippen molar-refractivity contribution in [1.29, 1.82) is 0 Å². The smallest absolute Gasteiger partial charge is 0.349 e. The average molecular weight is 406 g/mol. The lowest BCUT2D eigenvalue weighted by Crippen LogP contribution is -2.39. The van der Waals surface area contributed by atoms with Gasteiger partial charge in [0.1, 0.15) is 5.75 Å². The van der Waals surface area contributed by atoms with Crippen molar-refractivity contribution >= 4 is 52.4 Å². The number of esters is 1. The van der Waals surface area contributed by atoms with Crippen molar-refractivity contribution in [3.63, 3.8) is 0 Å². The lowest BCUT2D eigenvalue weighted by molar-refractivity contribution is -0.156. The molecule has 0 saturated heterocycles. The summed E-state index contributed by atoms with van der Waals surface area (Å²) < 4.78 is 10.6. The molecule has 0 fully saturated rings. The first-order chi connectivity index (χ1) is 12.7. The summed E-state index contributed by atoms with van der Waals surface area (Å²) in [4.78, 5) is 24.4. The maximum atomic E-state index is 12.4. The van der Waals surface area contributed by atoms with E-state index in [2.05, 4.69) is 5.32 Å². The van der Waals surface area contributed by atoms with Gasteiger partial charge < -0.3 is 14.8 Å². The Kier molecular flexibility index (Phi) is 5.18. The van der Waals surface area contributed by atoms with Gasteiger partial charge in [0.15, 0.2) is 5.60 Å². The van der Waals surface area contributed by atoms with E-state index in [1.54, 1.807) is 56.3 Å². The summed E-state index contributed by atoms with van der Waals surface area (Å²) in [5.41, 5.74) is 1.16. The highest BCUT2D eigenvalue weighted by Crippen LogP contribution is 2.37. The number of amides is 1. The Balaban J connectivity index is 2.06. The first-order valence-electron chi connectivity index (χ1n) is 8.11. The summed E-state index contributed by atoms with van der Waals surface area (Å²) in [5.74, 6) is -0.377. The zero-order valence-corrected chi connectivity index (χ0v) is 16.4. The van der Waals surface area contributed by atoms with Crippen LogP contribution in [0.5, 0.6) is 5.75 Å². The second-order valence-electron chi connectivity index (χ2n) is 6.49. The fourth-order valence-corrected chi connectivity index (χ4v) is 3.11. The number of hydrogen-bond acceptors (Lipinski definition) is 4.